The molecular weight excluding hydrogens is 318 g/mol. The molecule has 1 aromatic carbocycles. The summed E-state index contributed by atoms with van der Waals surface area (Å²) < 4.78 is 5.43. The first-order valence-electron chi connectivity index (χ1n) is 7.76. The van der Waals surface area contributed by atoms with E-state index in [0.29, 0.717) is 17.0 Å². The van der Waals surface area contributed by atoms with Crippen LogP contribution < -0.4 is 16.0 Å². The monoisotopic (exact) mass is 333 g/mol. The summed E-state index contributed by atoms with van der Waals surface area (Å²) in [4.78, 5) is 15.7. The van der Waals surface area contributed by atoms with Crippen molar-refractivity contribution in [3.8, 4) is 11.9 Å². The SMILES string of the molecule is Cc1[nH]nc2c1[C@H](c1cc3cccc(C)c3[nH]c1=O)C(C#N)=C(N)O2. The van der Waals surface area contributed by atoms with Crippen molar-refractivity contribution < 1.29 is 4.74 Å². The molecule has 3 heterocycles. The van der Waals surface area contributed by atoms with Crippen molar-refractivity contribution >= 4 is 10.9 Å². The summed E-state index contributed by atoms with van der Waals surface area (Å²) in [5.41, 5.74) is 9.41. The second kappa shape index (κ2) is 5.24. The maximum absolute atomic E-state index is 12.8. The average Bonchev–Trinajstić information content (AvgIpc) is 2.95. The summed E-state index contributed by atoms with van der Waals surface area (Å²) >= 11 is 0. The molecule has 0 saturated heterocycles. The molecule has 2 aromatic heterocycles. The van der Waals surface area contributed by atoms with E-state index in [2.05, 4.69) is 21.3 Å². The molecule has 0 saturated carbocycles. The maximum atomic E-state index is 12.8. The fourth-order valence-corrected chi connectivity index (χ4v) is 3.32. The molecular formula is C18H15N5O2. The van der Waals surface area contributed by atoms with Crippen molar-refractivity contribution in [2.75, 3.05) is 0 Å². The number of pyridine rings is 1. The number of hydrogen-bond donors (Lipinski definition) is 3. The lowest BCUT2D eigenvalue weighted by Crippen LogP contribution is -2.25. The summed E-state index contributed by atoms with van der Waals surface area (Å²) in [6, 6.07) is 9.66. The zero-order valence-corrected chi connectivity index (χ0v) is 13.7. The van der Waals surface area contributed by atoms with Crippen LogP contribution in [0.3, 0.4) is 0 Å². The van der Waals surface area contributed by atoms with Gasteiger partial charge in [0.25, 0.3) is 5.56 Å². The largest absolute Gasteiger partial charge is 0.420 e. The molecule has 1 aliphatic heterocycles. The minimum absolute atomic E-state index is 0.0322. The Kier molecular flexibility index (Phi) is 3.15. The normalized spacial score (nSPS) is 16.4. The summed E-state index contributed by atoms with van der Waals surface area (Å²) in [5.74, 6) is -0.362. The van der Waals surface area contributed by atoms with Gasteiger partial charge in [0.05, 0.1) is 11.4 Å². The van der Waals surface area contributed by atoms with Gasteiger partial charge in [-0.2, -0.15) is 5.26 Å². The molecule has 124 valence electrons. The van der Waals surface area contributed by atoms with Gasteiger partial charge in [0.1, 0.15) is 11.6 Å². The Morgan fingerprint density at radius 3 is 2.92 bits per heavy atom. The highest BCUT2D eigenvalue weighted by Crippen LogP contribution is 2.41. The van der Waals surface area contributed by atoms with Gasteiger partial charge in [0.2, 0.25) is 11.8 Å². The molecule has 0 unspecified atom stereocenters. The molecule has 0 radical (unpaired) electrons. The number of aromatic nitrogens is 3. The van der Waals surface area contributed by atoms with E-state index in [-0.39, 0.29) is 17.0 Å². The number of allylic oxidation sites excluding steroid dienone is 1. The Labute approximate surface area is 142 Å². The van der Waals surface area contributed by atoms with Crippen molar-refractivity contribution in [1.29, 1.82) is 5.26 Å². The first kappa shape index (κ1) is 15.0. The van der Waals surface area contributed by atoms with Crippen LogP contribution in [-0.2, 0) is 0 Å². The lowest BCUT2D eigenvalue weighted by atomic mass is 9.84. The Hall–Kier alpha value is -3.53. The number of hydrogen-bond acceptors (Lipinski definition) is 5. The second-order valence-corrected chi connectivity index (χ2v) is 6.09. The van der Waals surface area contributed by atoms with Crippen molar-refractivity contribution in [3.05, 3.63) is 68.5 Å². The summed E-state index contributed by atoms with van der Waals surface area (Å²) in [7, 11) is 0. The first-order valence-corrected chi connectivity index (χ1v) is 7.76. The molecule has 7 heteroatoms. The van der Waals surface area contributed by atoms with E-state index in [4.69, 9.17) is 10.5 Å². The Morgan fingerprint density at radius 2 is 2.16 bits per heavy atom. The maximum Gasteiger partial charge on any atom is 0.252 e. The van der Waals surface area contributed by atoms with E-state index < -0.39 is 5.92 Å². The number of fused-ring (bicyclic) bond motifs is 2. The Balaban J connectivity index is 2.05. The van der Waals surface area contributed by atoms with Gasteiger partial charge in [-0.05, 0) is 30.9 Å². The number of H-pyrrole nitrogens is 2. The fraction of sp³-hybridized carbons (Fsp3) is 0.167. The third kappa shape index (κ3) is 2.11. The van der Waals surface area contributed by atoms with Crippen LogP contribution in [0, 0.1) is 25.2 Å². The Bertz CT molecular complexity index is 1150. The van der Waals surface area contributed by atoms with Gasteiger partial charge in [-0.3, -0.25) is 9.89 Å². The van der Waals surface area contributed by atoms with Gasteiger partial charge >= 0.3 is 0 Å². The molecule has 0 amide bonds. The average molecular weight is 333 g/mol. The molecule has 0 fully saturated rings. The van der Waals surface area contributed by atoms with Crippen molar-refractivity contribution in [2.24, 2.45) is 5.73 Å². The number of aromatic amines is 2. The third-order valence-electron chi connectivity index (χ3n) is 4.56. The number of ether oxygens (including phenoxy) is 1. The van der Waals surface area contributed by atoms with Crippen LogP contribution in [0.15, 0.2) is 40.5 Å². The number of nitrogens with zero attached hydrogens (tertiary/aromatic N) is 2. The minimum Gasteiger partial charge on any atom is -0.420 e. The van der Waals surface area contributed by atoms with Gasteiger partial charge in [0.15, 0.2) is 0 Å². The molecule has 25 heavy (non-hydrogen) atoms. The number of para-hydroxylation sites is 1. The second-order valence-electron chi connectivity index (χ2n) is 6.09. The van der Waals surface area contributed by atoms with E-state index >= 15 is 0 Å². The van der Waals surface area contributed by atoms with Crippen LogP contribution in [0.4, 0.5) is 0 Å². The van der Waals surface area contributed by atoms with Gasteiger partial charge in [0, 0.05) is 16.8 Å². The quantitative estimate of drug-likeness (QED) is 0.629. The number of rotatable bonds is 1. The zero-order chi connectivity index (χ0) is 17.7. The number of nitrogens with one attached hydrogen (secondary N) is 2. The molecule has 1 atom stereocenters. The number of aryl methyl sites for hydroxylation is 2. The van der Waals surface area contributed by atoms with Crippen molar-refractivity contribution in [1.82, 2.24) is 15.2 Å². The van der Waals surface area contributed by atoms with Crippen molar-refractivity contribution in [3.63, 3.8) is 0 Å². The number of nitriles is 1. The lowest BCUT2D eigenvalue weighted by molar-refractivity contribution is 0.378. The van der Waals surface area contributed by atoms with E-state index in [1.54, 1.807) is 6.07 Å². The predicted octanol–water partition coefficient (Wildman–Crippen LogP) is 2.09. The van der Waals surface area contributed by atoms with Crippen LogP contribution >= 0.6 is 0 Å². The zero-order valence-electron chi connectivity index (χ0n) is 13.7. The van der Waals surface area contributed by atoms with Gasteiger partial charge in [-0.15, -0.1) is 5.10 Å². The molecule has 1 aliphatic rings. The van der Waals surface area contributed by atoms with Gasteiger partial charge < -0.3 is 15.5 Å². The highest BCUT2D eigenvalue weighted by atomic mass is 16.5. The molecule has 0 spiro atoms. The van der Waals surface area contributed by atoms with Crippen LogP contribution in [0.1, 0.15) is 28.3 Å². The third-order valence-corrected chi connectivity index (χ3v) is 4.56. The van der Waals surface area contributed by atoms with E-state index in [0.717, 1.165) is 22.2 Å². The summed E-state index contributed by atoms with van der Waals surface area (Å²) in [5, 5.41) is 17.4. The van der Waals surface area contributed by atoms with Crippen LogP contribution in [0.2, 0.25) is 0 Å². The molecule has 0 bridgehead atoms. The first-order chi connectivity index (χ1) is 12.0. The molecule has 4 N–H and O–H groups in total. The van der Waals surface area contributed by atoms with E-state index in [1.807, 2.05) is 32.0 Å². The molecule has 7 nitrogen and oxygen atoms in total. The van der Waals surface area contributed by atoms with E-state index in [1.165, 1.54) is 0 Å². The fourth-order valence-electron chi connectivity index (χ4n) is 3.32. The van der Waals surface area contributed by atoms with Crippen molar-refractivity contribution in [2.45, 2.75) is 19.8 Å². The summed E-state index contributed by atoms with van der Waals surface area (Å²) in [6.45, 7) is 3.75. The molecule has 3 aromatic rings. The van der Waals surface area contributed by atoms with Gasteiger partial charge in [-0.1, -0.05) is 18.2 Å². The highest BCUT2D eigenvalue weighted by Gasteiger charge is 2.35. The topological polar surface area (TPSA) is 121 Å². The van der Waals surface area contributed by atoms with Crippen LogP contribution in [-0.4, -0.2) is 15.2 Å². The number of benzene rings is 1. The standard InChI is InChI=1S/C18H15N5O2/c1-8-4-3-5-10-6-11(17(24)21-15(8)10)14-12(7-19)16(20)25-18-13(14)9(2)22-23-18/h3-6,14H,20H2,1-2H3,(H,21,24)(H,22,23)/t14-/m1/s1. The van der Waals surface area contributed by atoms with E-state index in [9.17, 15) is 10.1 Å². The molecule has 4 rings (SSSR count). The highest BCUT2D eigenvalue weighted by molar-refractivity contribution is 5.82. The van der Waals surface area contributed by atoms with Crippen LogP contribution in [0.25, 0.3) is 10.9 Å². The van der Waals surface area contributed by atoms with Gasteiger partial charge in [-0.25, -0.2) is 0 Å². The smallest absolute Gasteiger partial charge is 0.252 e. The predicted molar refractivity (Wildman–Crippen MR) is 91.9 cm³/mol. The number of nitrogens with two attached hydrogens (primary N) is 1. The van der Waals surface area contributed by atoms with Crippen LogP contribution in [0.5, 0.6) is 5.88 Å². The summed E-state index contributed by atoms with van der Waals surface area (Å²) in [6.07, 6.45) is 0. The molecule has 0 aliphatic carbocycles. The minimum atomic E-state index is -0.624. The Morgan fingerprint density at radius 1 is 1.36 bits per heavy atom. The lowest BCUT2D eigenvalue weighted by Gasteiger charge is -2.23.